The van der Waals surface area contributed by atoms with Crippen LogP contribution in [0.25, 0.3) is 0 Å². The highest BCUT2D eigenvalue weighted by Crippen LogP contribution is 2.12. The summed E-state index contributed by atoms with van der Waals surface area (Å²) in [5.41, 5.74) is 6.31. The van der Waals surface area contributed by atoms with E-state index in [2.05, 4.69) is 10.3 Å². The molecule has 5 heteroatoms. The van der Waals surface area contributed by atoms with Crippen LogP contribution in [0.1, 0.15) is 32.9 Å². The number of aryl methyl sites for hydroxylation is 1. The van der Waals surface area contributed by atoms with Crippen LogP contribution in [0.5, 0.6) is 0 Å². The molecule has 5 nitrogen and oxygen atoms in total. The van der Waals surface area contributed by atoms with Crippen molar-refractivity contribution in [3.8, 4) is 0 Å². The summed E-state index contributed by atoms with van der Waals surface area (Å²) < 4.78 is 7.05. The molecule has 2 N–H and O–H groups in total. The van der Waals surface area contributed by atoms with Crippen LogP contribution in [0.3, 0.4) is 0 Å². The molecule has 1 aromatic rings. The lowest BCUT2D eigenvalue weighted by molar-refractivity contribution is 0.140. The van der Waals surface area contributed by atoms with E-state index >= 15 is 0 Å². The fraction of sp³-hybridized carbons (Fsp3) is 0.800. The van der Waals surface area contributed by atoms with Crippen LogP contribution in [0, 0.1) is 0 Å². The Bertz CT molecular complexity index is 290. The van der Waals surface area contributed by atoms with Gasteiger partial charge in [-0.2, -0.15) is 0 Å². The van der Waals surface area contributed by atoms with Gasteiger partial charge in [-0.3, -0.25) is 4.68 Å². The Labute approximate surface area is 90.6 Å². The molecule has 0 saturated carbocycles. The Morgan fingerprint density at radius 1 is 1.53 bits per heavy atom. The normalized spacial score (nSPS) is 12.0. The summed E-state index contributed by atoms with van der Waals surface area (Å²) in [6.45, 7) is 8.17. The van der Waals surface area contributed by atoms with Crippen molar-refractivity contribution in [2.75, 3.05) is 13.2 Å². The number of nitrogens with zero attached hydrogens (tertiary/aromatic N) is 3. The summed E-state index contributed by atoms with van der Waals surface area (Å²) in [6, 6.07) is 0. The molecule has 1 rings (SSSR count). The third-order valence-electron chi connectivity index (χ3n) is 2.08. The van der Waals surface area contributed by atoms with E-state index in [4.69, 9.17) is 10.5 Å². The molecule has 0 saturated heterocycles. The van der Waals surface area contributed by atoms with E-state index in [0.717, 1.165) is 31.9 Å². The van der Waals surface area contributed by atoms with Crippen LogP contribution in [-0.2, 0) is 16.8 Å². The van der Waals surface area contributed by atoms with Gasteiger partial charge in [-0.15, -0.1) is 5.10 Å². The van der Waals surface area contributed by atoms with Gasteiger partial charge in [-0.1, -0.05) is 5.21 Å². The van der Waals surface area contributed by atoms with Crippen molar-refractivity contribution in [3.63, 3.8) is 0 Å². The molecule has 1 heterocycles. The zero-order chi connectivity index (χ0) is 11.3. The second-order valence-electron chi connectivity index (χ2n) is 4.14. The lowest BCUT2D eigenvalue weighted by Gasteiger charge is -2.13. The van der Waals surface area contributed by atoms with E-state index in [1.165, 1.54) is 0 Å². The summed E-state index contributed by atoms with van der Waals surface area (Å²) in [4.78, 5) is 0. The second kappa shape index (κ2) is 5.23. The monoisotopic (exact) mass is 212 g/mol. The second-order valence-corrected chi connectivity index (χ2v) is 4.14. The number of hydrogen-bond acceptors (Lipinski definition) is 4. The Balaban J connectivity index is 2.40. The molecule has 0 radical (unpaired) electrons. The van der Waals surface area contributed by atoms with Gasteiger partial charge < -0.3 is 10.5 Å². The maximum Gasteiger partial charge on any atom is 0.102 e. The van der Waals surface area contributed by atoms with Gasteiger partial charge >= 0.3 is 0 Å². The summed E-state index contributed by atoms with van der Waals surface area (Å²) in [5, 5.41) is 8.04. The van der Waals surface area contributed by atoms with Gasteiger partial charge in [0.05, 0.1) is 11.7 Å². The lowest BCUT2D eigenvalue weighted by atomic mass is 10.0. The van der Waals surface area contributed by atoms with Crippen molar-refractivity contribution in [1.82, 2.24) is 15.0 Å². The van der Waals surface area contributed by atoms with Crippen LogP contribution in [0.15, 0.2) is 6.20 Å². The van der Waals surface area contributed by atoms with E-state index in [1.807, 2.05) is 31.6 Å². The van der Waals surface area contributed by atoms with E-state index in [0.29, 0.717) is 0 Å². The molecule has 0 amide bonds. The third kappa shape index (κ3) is 3.97. The van der Waals surface area contributed by atoms with E-state index in [1.54, 1.807) is 0 Å². The molecule has 0 aliphatic carbocycles. The molecule has 15 heavy (non-hydrogen) atoms. The minimum atomic E-state index is -0.418. The molecule has 86 valence electrons. The predicted octanol–water partition coefficient (Wildman–Crippen LogP) is 0.898. The minimum absolute atomic E-state index is 0.418. The highest BCUT2D eigenvalue weighted by Gasteiger charge is 2.17. The van der Waals surface area contributed by atoms with E-state index < -0.39 is 5.54 Å². The zero-order valence-corrected chi connectivity index (χ0v) is 9.73. The molecule has 0 unspecified atom stereocenters. The van der Waals surface area contributed by atoms with Gasteiger partial charge in [0.25, 0.3) is 0 Å². The first-order chi connectivity index (χ1) is 7.04. The topological polar surface area (TPSA) is 66.0 Å². The fourth-order valence-electron chi connectivity index (χ4n) is 1.18. The molecule has 0 aromatic carbocycles. The summed E-state index contributed by atoms with van der Waals surface area (Å²) in [6.07, 6.45) is 2.84. The molecular formula is C10H20N4O. The summed E-state index contributed by atoms with van der Waals surface area (Å²) in [7, 11) is 0. The SMILES string of the molecule is CCOCCCn1cc(C(C)(C)N)nn1. The summed E-state index contributed by atoms with van der Waals surface area (Å²) in [5.74, 6) is 0. The maximum absolute atomic E-state index is 5.91. The van der Waals surface area contributed by atoms with Crippen LogP contribution >= 0.6 is 0 Å². The van der Waals surface area contributed by atoms with Gasteiger partial charge in [0, 0.05) is 19.8 Å². The first-order valence-electron chi connectivity index (χ1n) is 5.31. The largest absolute Gasteiger partial charge is 0.382 e. The van der Waals surface area contributed by atoms with E-state index in [-0.39, 0.29) is 0 Å². The van der Waals surface area contributed by atoms with Gasteiger partial charge in [0.1, 0.15) is 5.69 Å². The van der Waals surface area contributed by atoms with Gasteiger partial charge in [0.15, 0.2) is 0 Å². The standard InChI is InChI=1S/C10H20N4O/c1-4-15-7-5-6-14-8-9(12-13-14)10(2,3)11/h8H,4-7,11H2,1-3H3. The van der Waals surface area contributed by atoms with Crippen LogP contribution < -0.4 is 5.73 Å². The van der Waals surface area contributed by atoms with Gasteiger partial charge in [0.2, 0.25) is 0 Å². The van der Waals surface area contributed by atoms with E-state index in [9.17, 15) is 0 Å². The predicted molar refractivity (Wildman–Crippen MR) is 58.3 cm³/mol. The highest BCUT2D eigenvalue weighted by molar-refractivity contribution is 5.05. The van der Waals surface area contributed by atoms with Crippen LogP contribution in [0.2, 0.25) is 0 Å². The quantitative estimate of drug-likeness (QED) is 0.711. The fourth-order valence-corrected chi connectivity index (χ4v) is 1.18. The summed E-state index contributed by atoms with van der Waals surface area (Å²) >= 11 is 0. The Hall–Kier alpha value is -0.940. The number of aromatic nitrogens is 3. The molecule has 0 aliphatic rings. The van der Waals surface area contributed by atoms with Crippen molar-refractivity contribution in [1.29, 1.82) is 0 Å². The maximum atomic E-state index is 5.91. The van der Waals surface area contributed by atoms with Crippen LogP contribution in [-0.4, -0.2) is 28.2 Å². The van der Waals surface area contributed by atoms with Crippen molar-refractivity contribution < 1.29 is 4.74 Å². The Kier molecular flexibility index (Phi) is 4.23. The number of hydrogen-bond donors (Lipinski definition) is 1. The molecule has 0 aliphatic heterocycles. The molecule has 0 bridgehead atoms. The molecule has 0 spiro atoms. The van der Waals surface area contributed by atoms with Gasteiger partial charge in [-0.25, -0.2) is 0 Å². The lowest BCUT2D eigenvalue weighted by Crippen LogP contribution is -2.29. The zero-order valence-electron chi connectivity index (χ0n) is 9.73. The van der Waals surface area contributed by atoms with Crippen molar-refractivity contribution in [2.24, 2.45) is 5.73 Å². The molecule has 1 aromatic heterocycles. The average molecular weight is 212 g/mol. The average Bonchev–Trinajstić information content (AvgIpc) is 2.60. The molecule has 0 fully saturated rings. The number of ether oxygens (including phenoxy) is 1. The van der Waals surface area contributed by atoms with Crippen molar-refractivity contribution in [3.05, 3.63) is 11.9 Å². The number of rotatable bonds is 6. The first-order valence-corrected chi connectivity index (χ1v) is 5.31. The molecular weight excluding hydrogens is 192 g/mol. The Morgan fingerprint density at radius 2 is 2.27 bits per heavy atom. The van der Waals surface area contributed by atoms with Gasteiger partial charge in [-0.05, 0) is 27.2 Å². The van der Waals surface area contributed by atoms with Crippen molar-refractivity contribution >= 4 is 0 Å². The molecule has 0 atom stereocenters. The first kappa shape index (κ1) is 12.1. The number of nitrogens with two attached hydrogens (primary N) is 1. The van der Waals surface area contributed by atoms with Crippen LogP contribution in [0.4, 0.5) is 0 Å². The Morgan fingerprint density at radius 3 is 2.80 bits per heavy atom. The van der Waals surface area contributed by atoms with Crippen molar-refractivity contribution in [2.45, 2.75) is 39.3 Å². The highest BCUT2D eigenvalue weighted by atomic mass is 16.5. The smallest absolute Gasteiger partial charge is 0.102 e. The minimum Gasteiger partial charge on any atom is -0.382 e. The third-order valence-corrected chi connectivity index (χ3v) is 2.08.